The molecule has 1 aromatic heterocycles. The number of carbonyl (C=O) groups is 3. The highest BCUT2D eigenvalue weighted by atomic mass is 16.5. The van der Waals surface area contributed by atoms with Gasteiger partial charge in [-0.05, 0) is 44.5 Å². The molecule has 0 unspecified atom stereocenters. The van der Waals surface area contributed by atoms with E-state index in [1.165, 1.54) is 4.68 Å². The minimum absolute atomic E-state index is 0.0422. The second kappa shape index (κ2) is 8.03. The molecule has 0 atom stereocenters. The molecule has 2 amide bonds. The molecule has 1 saturated heterocycles. The summed E-state index contributed by atoms with van der Waals surface area (Å²) in [5.74, 6) is -0.897. The van der Waals surface area contributed by atoms with Crippen LogP contribution in [0.2, 0.25) is 0 Å². The number of nitrogens with zero attached hydrogens (tertiary/aromatic N) is 3. The van der Waals surface area contributed by atoms with Gasteiger partial charge < -0.3 is 15.0 Å². The van der Waals surface area contributed by atoms with E-state index in [2.05, 4.69) is 10.4 Å². The van der Waals surface area contributed by atoms with Gasteiger partial charge in [-0.2, -0.15) is 5.10 Å². The topological polar surface area (TPSA) is 93.5 Å². The van der Waals surface area contributed by atoms with Crippen LogP contribution in [0.1, 0.15) is 24.2 Å². The van der Waals surface area contributed by atoms with Crippen molar-refractivity contribution in [1.29, 1.82) is 0 Å². The van der Waals surface area contributed by atoms with Gasteiger partial charge in [0.1, 0.15) is 6.54 Å². The van der Waals surface area contributed by atoms with Crippen LogP contribution in [0.15, 0.2) is 30.3 Å². The number of aryl methyl sites for hydroxylation is 2. The molecule has 1 N–H and O–H groups in total. The van der Waals surface area contributed by atoms with Crippen LogP contribution in [0, 0.1) is 13.8 Å². The molecule has 3 rings (SSSR count). The summed E-state index contributed by atoms with van der Waals surface area (Å²) in [6, 6.07) is 8.91. The van der Waals surface area contributed by atoms with Crippen LogP contribution in [-0.2, 0) is 25.7 Å². The number of anilines is 2. The Labute approximate surface area is 157 Å². The Morgan fingerprint density at radius 2 is 2.07 bits per heavy atom. The number of nitrogens with one attached hydrogen (secondary N) is 1. The third-order valence-electron chi connectivity index (χ3n) is 4.26. The number of benzene rings is 1. The van der Waals surface area contributed by atoms with Gasteiger partial charge in [-0.1, -0.05) is 6.07 Å². The molecule has 0 saturated carbocycles. The van der Waals surface area contributed by atoms with E-state index in [0.29, 0.717) is 18.7 Å². The van der Waals surface area contributed by atoms with Gasteiger partial charge in [0.05, 0.1) is 5.69 Å². The zero-order valence-corrected chi connectivity index (χ0v) is 15.4. The van der Waals surface area contributed by atoms with Crippen LogP contribution in [-0.4, -0.2) is 40.7 Å². The Kier molecular flexibility index (Phi) is 5.54. The van der Waals surface area contributed by atoms with E-state index in [-0.39, 0.29) is 19.1 Å². The lowest BCUT2D eigenvalue weighted by Crippen LogP contribution is -2.25. The molecule has 1 fully saturated rings. The van der Waals surface area contributed by atoms with Gasteiger partial charge in [0.15, 0.2) is 6.61 Å². The van der Waals surface area contributed by atoms with Crippen LogP contribution in [0.25, 0.3) is 0 Å². The molecule has 1 aliphatic heterocycles. The zero-order valence-electron chi connectivity index (χ0n) is 15.4. The third-order valence-corrected chi connectivity index (χ3v) is 4.26. The molecule has 8 nitrogen and oxygen atoms in total. The number of amides is 2. The molecular weight excluding hydrogens is 348 g/mol. The fourth-order valence-corrected chi connectivity index (χ4v) is 3.02. The molecule has 1 aromatic carbocycles. The van der Waals surface area contributed by atoms with E-state index in [0.717, 1.165) is 23.5 Å². The minimum atomic E-state index is -0.534. The van der Waals surface area contributed by atoms with E-state index in [9.17, 15) is 14.4 Å². The number of hydrogen-bond acceptors (Lipinski definition) is 5. The summed E-state index contributed by atoms with van der Waals surface area (Å²) in [7, 11) is 0. The van der Waals surface area contributed by atoms with Crippen molar-refractivity contribution in [3.05, 3.63) is 41.7 Å². The molecule has 1 aliphatic rings. The second-order valence-corrected chi connectivity index (χ2v) is 6.49. The molecule has 2 aromatic rings. The number of aromatic nitrogens is 2. The van der Waals surface area contributed by atoms with Crippen molar-refractivity contribution in [2.45, 2.75) is 33.2 Å². The smallest absolute Gasteiger partial charge is 0.328 e. The predicted molar refractivity (Wildman–Crippen MR) is 99.3 cm³/mol. The molecule has 0 radical (unpaired) electrons. The van der Waals surface area contributed by atoms with Gasteiger partial charge in [-0.25, -0.2) is 0 Å². The summed E-state index contributed by atoms with van der Waals surface area (Å²) in [4.78, 5) is 37.5. The fraction of sp³-hybridized carbons (Fsp3) is 0.368. The standard InChI is InChI=1S/C19H22N4O4/c1-13-9-14(2)23(21-13)11-19(26)27-12-17(24)20-15-5-3-6-16(10-15)22-8-4-7-18(22)25/h3,5-6,9-10H,4,7-8,11-12H2,1-2H3,(H,20,24). The fourth-order valence-electron chi connectivity index (χ4n) is 3.02. The van der Waals surface area contributed by atoms with Crippen LogP contribution in [0.4, 0.5) is 11.4 Å². The maximum Gasteiger partial charge on any atom is 0.328 e. The Balaban J connectivity index is 1.51. The highest BCUT2D eigenvalue weighted by molar-refractivity contribution is 5.97. The number of esters is 1. The largest absolute Gasteiger partial charge is 0.454 e. The monoisotopic (exact) mass is 370 g/mol. The second-order valence-electron chi connectivity index (χ2n) is 6.49. The summed E-state index contributed by atoms with van der Waals surface area (Å²) < 4.78 is 6.55. The molecule has 2 heterocycles. The van der Waals surface area contributed by atoms with Crippen LogP contribution < -0.4 is 10.2 Å². The molecule has 0 aliphatic carbocycles. The number of ether oxygens (including phenoxy) is 1. The van der Waals surface area contributed by atoms with Crippen molar-refractivity contribution in [3.63, 3.8) is 0 Å². The van der Waals surface area contributed by atoms with Gasteiger partial charge in [0.25, 0.3) is 5.91 Å². The zero-order chi connectivity index (χ0) is 19.4. The van der Waals surface area contributed by atoms with E-state index in [1.807, 2.05) is 26.0 Å². The summed E-state index contributed by atoms with van der Waals surface area (Å²) >= 11 is 0. The highest BCUT2D eigenvalue weighted by Gasteiger charge is 2.21. The first-order valence-electron chi connectivity index (χ1n) is 8.79. The molecule has 142 valence electrons. The van der Waals surface area contributed by atoms with Crippen molar-refractivity contribution < 1.29 is 19.1 Å². The average Bonchev–Trinajstić information content (AvgIpc) is 3.18. The van der Waals surface area contributed by atoms with Crippen molar-refractivity contribution in [3.8, 4) is 0 Å². The van der Waals surface area contributed by atoms with E-state index >= 15 is 0 Å². The average molecular weight is 370 g/mol. The lowest BCUT2D eigenvalue weighted by Gasteiger charge is -2.16. The lowest BCUT2D eigenvalue weighted by atomic mass is 10.2. The van der Waals surface area contributed by atoms with Gasteiger partial charge in [0, 0.05) is 30.0 Å². The third kappa shape index (κ3) is 4.72. The predicted octanol–water partition coefficient (Wildman–Crippen LogP) is 1.81. The summed E-state index contributed by atoms with van der Waals surface area (Å²) in [6.07, 6.45) is 1.38. The van der Waals surface area contributed by atoms with E-state index in [4.69, 9.17) is 4.74 Å². The lowest BCUT2D eigenvalue weighted by molar-refractivity contribution is -0.148. The Bertz CT molecular complexity index is 874. The van der Waals surface area contributed by atoms with E-state index < -0.39 is 11.9 Å². The molecule has 0 bridgehead atoms. The highest BCUT2D eigenvalue weighted by Crippen LogP contribution is 2.24. The SMILES string of the molecule is Cc1cc(C)n(CC(=O)OCC(=O)Nc2cccc(N3CCCC3=O)c2)n1. The Morgan fingerprint density at radius 3 is 2.74 bits per heavy atom. The van der Waals surface area contributed by atoms with Gasteiger partial charge >= 0.3 is 5.97 Å². The first kappa shape index (κ1) is 18.6. The summed E-state index contributed by atoms with van der Waals surface area (Å²) in [5.41, 5.74) is 2.96. The normalized spacial score (nSPS) is 13.7. The first-order valence-corrected chi connectivity index (χ1v) is 8.79. The van der Waals surface area contributed by atoms with Crippen LogP contribution in [0.5, 0.6) is 0 Å². The maximum absolute atomic E-state index is 12.0. The van der Waals surface area contributed by atoms with Crippen LogP contribution >= 0.6 is 0 Å². The molecule has 8 heteroatoms. The van der Waals surface area contributed by atoms with Gasteiger partial charge in [-0.3, -0.25) is 19.1 Å². The maximum atomic E-state index is 12.0. The Morgan fingerprint density at radius 1 is 1.26 bits per heavy atom. The quantitative estimate of drug-likeness (QED) is 0.783. The van der Waals surface area contributed by atoms with Gasteiger partial charge in [0.2, 0.25) is 5.91 Å². The first-order chi connectivity index (χ1) is 12.9. The molecular formula is C19H22N4O4. The van der Waals surface area contributed by atoms with Crippen molar-refractivity contribution in [2.24, 2.45) is 0 Å². The van der Waals surface area contributed by atoms with Gasteiger partial charge in [-0.15, -0.1) is 0 Å². The van der Waals surface area contributed by atoms with Crippen molar-refractivity contribution in [2.75, 3.05) is 23.4 Å². The molecule has 27 heavy (non-hydrogen) atoms. The molecule has 0 spiro atoms. The van der Waals surface area contributed by atoms with Crippen molar-refractivity contribution in [1.82, 2.24) is 9.78 Å². The summed E-state index contributed by atoms with van der Waals surface area (Å²) in [5, 5.41) is 6.86. The number of carbonyl (C=O) groups excluding carboxylic acids is 3. The minimum Gasteiger partial charge on any atom is -0.454 e. The van der Waals surface area contributed by atoms with E-state index in [1.54, 1.807) is 23.1 Å². The Hall–Kier alpha value is -3.16. The summed E-state index contributed by atoms with van der Waals surface area (Å²) in [6.45, 7) is 3.94. The van der Waals surface area contributed by atoms with Crippen LogP contribution in [0.3, 0.4) is 0 Å². The number of rotatable bonds is 6. The van der Waals surface area contributed by atoms with Crippen molar-refractivity contribution >= 4 is 29.2 Å². The number of hydrogen-bond donors (Lipinski definition) is 1.